The Balaban J connectivity index is 2.62. The van der Waals surface area contributed by atoms with E-state index in [1.54, 1.807) is 7.11 Å². The van der Waals surface area contributed by atoms with Crippen LogP contribution in [0, 0.1) is 0 Å². The van der Waals surface area contributed by atoms with E-state index < -0.39 is 12.0 Å². The van der Waals surface area contributed by atoms with Gasteiger partial charge in [0, 0.05) is 20.1 Å². The van der Waals surface area contributed by atoms with Gasteiger partial charge >= 0.3 is 5.97 Å². The van der Waals surface area contributed by atoms with E-state index >= 15 is 0 Å². The predicted octanol–water partition coefficient (Wildman–Crippen LogP) is 0.0969. The van der Waals surface area contributed by atoms with Gasteiger partial charge in [0.15, 0.2) is 0 Å². The standard InChI is InChI=1S/C9H15NO4/c1-6(14-2)5-10-7(9(12)13)3-4-8(10)11/h6-7H,3-5H2,1-2H3,(H,12,13). The molecular weight excluding hydrogens is 186 g/mol. The lowest BCUT2D eigenvalue weighted by Crippen LogP contribution is -2.42. The zero-order valence-electron chi connectivity index (χ0n) is 8.40. The smallest absolute Gasteiger partial charge is 0.326 e. The Kier molecular flexibility index (Phi) is 3.46. The van der Waals surface area contributed by atoms with Crippen LogP contribution in [-0.4, -0.2) is 47.7 Å². The van der Waals surface area contributed by atoms with Gasteiger partial charge in [-0.15, -0.1) is 0 Å². The number of hydrogen-bond acceptors (Lipinski definition) is 3. The van der Waals surface area contributed by atoms with Crippen molar-refractivity contribution < 1.29 is 19.4 Å². The van der Waals surface area contributed by atoms with Crippen LogP contribution in [0.5, 0.6) is 0 Å². The molecule has 0 radical (unpaired) electrons. The van der Waals surface area contributed by atoms with Gasteiger partial charge in [-0.1, -0.05) is 0 Å². The van der Waals surface area contributed by atoms with Crippen molar-refractivity contribution in [2.45, 2.75) is 31.9 Å². The van der Waals surface area contributed by atoms with Gasteiger partial charge < -0.3 is 14.7 Å². The van der Waals surface area contributed by atoms with Crippen LogP contribution in [0.4, 0.5) is 0 Å². The quantitative estimate of drug-likeness (QED) is 0.700. The lowest BCUT2D eigenvalue weighted by molar-refractivity contribution is -0.147. The Hall–Kier alpha value is -1.10. The van der Waals surface area contributed by atoms with Crippen LogP contribution in [0.1, 0.15) is 19.8 Å². The van der Waals surface area contributed by atoms with E-state index in [-0.39, 0.29) is 12.0 Å². The Morgan fingerprint density at radius 2 is 2.43 bits per heavy atom. The molecule has 1 saturated heterocycles. The SMILES string of the molecule is COC(C)CN1C(=O)CCC1C(=O)O. The second-order valence-electron chi connectivity index (χ2n) is 3.49. The highest BCUT2D eigenvalue weighted by Gasteiger charge is 2.36. The van der Waals surface area contributed by atoms with Crippen molar-refractivity contribution in [3.05, 3.63) is 0 Å². The molecule has 0 aromatic rings. The molecule has 0 aliphatic carbocycles. The number of methoxy groups -OCH3 is 1. The molecule has 2 atom stereocenters. The molecule has 0 bridgehead atoms. The number of amides is 1. The first-order chi connectivity index (χ1) is 6.56. The third-order valence-electron chi connectivity index (χ3n) is 2.47. The fraction of sp³-hybridized carbons (Fsp3) is 0.778. The van der Waals surface area contributed by atoms with E-state index in [1.165, 1.54) is 4.90 Å². The lowest BCUT2D eigenvalue weighted by Gasteiger charge is -2.24. The Morgan fingerprint density at radius 1 is 1.79 bits per heavy atom. The second-order valence-corrected chi connectivity index (χ2v) is 3.49. The van der Waals surface area contributed by atoms with Gasteiger partial charge in [0.25, 0.3) is 0 Å². The van der Waals surface area contributed by atoms with Crippen LogP contribution in [0.2, 0.25) is 0 Å². The van der Waals surface area contributed by atoms with Crippen molar-refractivity contribution in [1.29, 1.82) is 0 Å². The fourth-order valence-electron chi connectivity index (χ4n) is 1.57. The summed E-state index contributed by atoms with van der Waals surface area (Å²) < 4.78 is 5.00. The number of rotatable bonds is 4. The molecule has 5 nitrogen and oxygen atoms in total. The number of ether oxygens (including phenoxy) is 1. The fourth-order valence-corrected chi connectivity index (χ4v) is 1.57. The zero-order valence-corrected chi connectivity index (χ0v) is 8.40. The monoisotopic (exact) mass is 201 g/mol. The van der Waals surface area contributed by atoms with Crippen LogP contribution in [0.15, 0.2) is 0 Å². The minimum atomic E-state index is -0.931. The third kappa shape index (κ3) is 2.23. The van der Waals surface area contributed by atoms with Crippen molar-refractivity contribution in [3.8, 4) is 0 Å². The van der Waals surface area contributed by atoms with Crippen molar-refractivity contribution in [3.63, 3.8) is 0 Å². The molecule has 0 spiro atoms. The highest BCUT2D eigenvalue weighted by molar-refractivity contribution is 5.87. The average molecular weight is 201 g/mol. The zero-order chi connectivity index (χ0) is 10.7. The largest absolute Gasteiger partial charge is 0.480 e. The van der Waals surface area contributed by atoms with Gasteiger partial charge in [-0.2, -0.15) is 0 Å². The van der Waals surface area contributed by atoms with E-state index in [4.69, 9.17) is 9.84 Å². The van der Waals surface area contributed by atoms with Crippen molar-refractivity contribution in [2.75, 3.05) is 13.7 Å². The van der Waals surface area contributed by atoms with E-state index in [0.29, 0.717) is 19.4 Å². The maximum Gasteiger partial charge on any atom is 0.326 e. The number of carboxylic acids is 1. The maximum atomic E-state index is 11.3. The van der Waals surface area contributed by atoms with Crippen LogP contribution >= 0.6 is 0 Å². The van der Waals surface area contributed by atoms with Crippen molar-refractivity contribution in [2.24, 2.45) is 0 Å². The minimum absolute atomic E-state index is 0.0960. The number of carbonyl (C=O) groups excluding carboxylic acids is 1. The number of aliphatic carboxylic acids is 1. The molecule has 1 N–H and O–H groups in total. The summed E-state index contributed by atoms with van der Waals surface area (Å²) in [6.45, 7) is 2.16. The summed E-state index contributed by atoms with van der Waals surface area (Å²) in [5, 5.41) is 8.85. The van der Waals surface area contributed by atoms with Gasteiger partial charge in [0.2, 0.25) is 5.91 Å². The molecule has 1 fully saturated rings. The lowest BCUT2D eigenvalue weighted by atomic mass is 10.2. The van der Waals surface area contributed by atoms with E-state index in [1.807, 2.05) is 6.92 Å². The maximum absolute atomic E-state index is 11.3. The molecule has 1 amide bonds. The number of hydrogen-bond donors (Lipinski definition) is 1. The molecule has 80 valence electrons. The molecule has 0 saturated carbocycles. The summed E-state index contributed by atoms with van der Waals surface area (Å²) in [5.74, 6) is -1.03. The number of likely N-dealkylation sites (tertiary alicyclic amines) is 1. The first kappa shape index (κ1) is 11.0. The highest BCUT2D eigenvalue weighted by Crippen LogP contribution is 2.19. The summed E-state index contributed by atoms with van der Waals surface area (Å²) in [6, 6.07) is -0.667. The molecule has 5 heteroatoms. The summed E-state index contributed by atoms with van der Waals surface area (Å²) in [6.07, 6.45) is 0.608. The molecule has 1 aliphatic heterocycles. The average Bonchev–Trinajstić information content (AvgIpc) is 2.48. The molecule has 0 aromatic carbocycles. The normalized spacial score (nSPS) is 24.0. The Morgan fingerprint density at radius 3 is 2.93 bits per heavy atom. The molecule has 1 rings (SSSR count). The number of nitrogens with zero attached hydrogens (tertiary/aromatic N) is 1. The van der Waals surface area contributed by atoms with Gasteiger partial charge in [-0.05, 0) is 13.3 Å². The van der Waals surface area contributed by atoms with E-state index in [0.717, 1.165) is 0 Å². The van der Waals surface area contributed by atoms with Crippen molar-refractivity contribution >= 4 is 11.9 Å². The van der Waals surface area contributed by atoms with Crippen LogP contribution < -0.4 is 0 Å². The Bertz CT molecular complexity index is 241. The number of carbonyl (C=O) groups is 2. The van der Waals surface area contributed by atoms with Gasteiger partial charge in [-0.3, -0.25) is 4.79 Å². The van der Waals surface area contributed by atoms with Gasteiger partial charge in [0.05, 0.1) is 6.10 Å². The van der Waals surface area contributed by atoms with Crippen LogP contribution in [-0.2, 0) is 14.3 Å². The molecule has 1 aliphatic rings. The molecule has 1 heterocycles. The topological polar surface area (TPSA) is 66.8 Å². The summed E-state index contributed by atoms with van der Waals surface area (Å²) in [5.41, 5.74) is 0. The molecule has 0 aromatic heterocycles. The van der Waals surface area contributed by atoms with Gasteiger partial charge in [0.1, 0.15) is 6.04 Å². The molecular formula is C9H15NO4. The Labute approximate surface area is 82.6 Å². The van der Waals surface area contributed by atoms with Crippen LogP contribution in [0.25, 0.3) is 0 Å². The summed E-state index contributed by atoms with van der Waals surface area (Å²) in [4.78, 5) is 23.5. The first-order valence-corrected chi connectivity index (χ1v) is 4.61. The summed E-state index contributed by atoms with van der Waals surface area (Å²) in [7, 11) is 1.54. The molecule has 2 unspecified atom stereocenters. The van der Waals surface area contributed by atoms with Gasteiger partial charge in [-0.25, -0.2) is 4.79 Å². The van der Waals surface area contributed by atoms with E-state index in [2.05, 4.69) is 0 Å². The predicted molar refractivity (Wildman–Crippen MR) is 48.8 cm³/mol. The van der Waals surface area contributed by atoms with Crippen LogP contribution in [0.3, 0.4) is 0 Å². The minimum Gasteiger partial charge on any atom is -0.480 e. The second kappa shape index (κ2) is 4.41. The highest BCUT2D eigenvalue weighted by atomic mass is 16.5. The summed E-state index contributed by atoms with van der Waals surface area (Å²) >= 11 is 0. The third-order valence-corrected chi connectivity index (χ3v) is 2.47. The first-order valence-electron chi connectivity index (χ1n) is 4.61. The molecule has 14 heavy (non-hydrogen) atoms. The number of carboxylic acid groups (broad SMARTS) is 1. The van der Waals surface area contributed by atoms with E-state index in [9.17, 15) is 9.59 Å². The van der Waals surface area contributed by atoms with Crippen molar-refractivity contribution in [1.82, 2.24) is 4.90 Å².